The van der Waals surface area contributed by atoms with Crippen molar-refractivity contribution in [2.24, 2.45) is 0 Å². The number of phenolic OH excluding ortho intramolecular Hbond substituents is 1. The number of aromatic hydroxyl groups is 1. The topological polar surface area (TPSA) is 57.0 Å². The standard InChI is InChI=1S/C22H27N3O2/c26-19-10-8-18(9-11-19)25-14-12-24(13-15-25)16-22(27)23-21-7-3-5-17-4-1-2-6-20(17)21/h1-2,4,6,8-11,21,26H,3,5,7,12-16H2,(H,23,27)/p+1/t21-/m1/s1. The van der Waals surface area contributed by atoms with Crippen LogP contribution in [0, 0.1) is 0 Å². The molecular formula is C22H28N3O2+. The van der Waals surface area contributed by atoms with E-state index in [2.05, 4.69) is 34.5 Å². The molecule has 0 radical (unpaired) electrons. The summed E-state index contributed by atoms with van der Waals surface area (Å²) in [7, 11) is 0. The molecule has 5 heteroatoms. The van der Waals surface area contributed by atoms with Gasteiger partial charge in [0.15, 0.2) is 6.54 Å². The number of aryl methyl sites for hydroxylation is 1. The molecule has 0 bridgehead atoms. The van der Waals surface area contributed by atoms with Crippen LogP contribution in [0.2, 0.25) is 0 Å². The molecule has 1 fully saturated rings. The number of hydrogen-bond acceptors (Lipinski definition) is 3. The van der Waals surface area contributed by atoms with Gasteiger partial charge in [-0.2, -0.15) is 0 Å². The van der Waals surface area contributed by atoms with Crippen molar-refractivity contribution in [2.45, 2.75) is 25.3 Å². The molecule has 1 saturated heterocycles. The van der Waals surface area contributed by atoms with Crippen LogP contribution < -0.4 is 15.1 Å². The van der Waals surface area contributed by atoms with Gasteiger partial charge >= 0.3 is 0 Å². The molecule has 2 aromatic carbocycles. The Morgan fingerprint density at radius 1 is 1.11 bits per heavy atom. The number of anilines is 1. The Balaban J connectivity index is 1.28. The van der Waals surface area contributed by atoms with Crippen molar-refractivity contribution < 1.29 is 14.8 Å². The Kier molecular flexibility index (Phi) is 5.30. The summed E-state index contributed by atoms with van der Waals surface area (Å²) in [6.45, 7) is 4.31. The fraction of sp³-hybridized carbons (Fsp3) is 0.409. The third-order valence-corrected chi connectivity index (χ3v) is 5.80. The maximum absolute atomic E-state index is 12.6. The third kappa shape index (κ3) is 4.25. The van der Waals surface area contributed by atoms with E-state index in [9.17, 15) is 9.90 Å². The Morgan fingerprint density at radius 2 is 1.85 bits per heavy atom. The van der Waals surface area contributed by atoms with E-state index in [1.807, 2.05) is 12.1 Å². The zero-order valence-corrected chi connectivity index (χ0v) is 15.7. The van der Waals surface area contributed by atoms with Crippen LogP contribution in [0.5, 0.6) is 5.75 Å². The minimum atomic E-state index is 0.157. The molecule has 1 aliphatic carbocycles. The number of piperazine rings is 1. The molecule has 0 unspecified atom stereocenters. The van der Waals surface area contributed by atoms with Gasteiger partial charge in [0, 0.05) is 5.69 Å². The summed E-state index contributed by atoms with van der Waals surface area (Å²) in [5, 5.41) is 12.7. The highest BCUT2D eigenvalue weighted by molar-refractivity contribution is 5.77. The Bertz CT molecular complexity index is 782. The second-order valence-electron chi connectivity index (χ2n) is 7.64. The molecule has 1 aliphatic heterocycles. The number of benzene rings is 2. The molecule has 4 rings (SSSR count). The first-order chi connectivity index (χ1) is 13.2. The molecule has 142 valence electrons. The number of carbonyl (C=O) groups is 1. The maximum Gasteiger partial charge on any atom is 0.275 e. The highest BCUT2D eigenvalue weighted by Gasteiger charge is 2.25. The van der Waals surface area contributed by atoms with Crippen molar-refractivity contribution >= 4 is 11.6 Å². The van der Waals surface area contributed by atoms with Crippen molar-refractivity contribution in [3.8, 4) is 5.75 Å². The van der Waals surface area contributed by atoms with E-state index in [0.29, 0.717) is 12.3 Å². The van der Waals surface area contributed by atoms with Gasteiger partial charge in [0.05, 0.1) is 32.2 Å². The predicted molar refractivity (Wildman–Crippen MR) is 106 cm³/mol. The lowest BCUT2D eigenvalue weighted by atomic mass is 9.88. The highest BCUT2D eigenvalue weighted by Crippen LogP contribution is 2.29. The summed E-state index contributed by atoms with van der Waals surface area (Å²) in [5.41, 5.74) is 3.81. The molecule has 1 atom stereocenters. The van der Waals surface area contributed by atoms with Crippen LogP contribution in [0.1, 0.15) is 30.0 Å². The van der Waals surface area contributed by atoms with Crippen LogP contribution in [0.15, 0.2) is 48.5 Å². The number of fused-ring (bicyclic) bond motifs is 1. The maximum atomic E-state index is 12.6. The quantitative estimate of drug-likeness (QED) is 0.764. The van der Waals surface area contributed by atoms with Gasteiger partial charge in [-0.15, -0.1) is 0 Å². The van der Waals surface area contributed by atoms with Crippen LogP contribution in [-0.2, 0) is 11.2 Å². The first-order valence-electron chi connectivity index (χ1n) is 9.94. The van der Waals surface area contributed by atoms with Crippen LogP contribution in [0.3, 0.4) is 0 Å². The van der Waals surface area contributed by atoms with E-state index in [1.54, 1.807) is 12.1 Å². The largest absolute Gasteiger partial charge is 0.508 e. The lowest BCUT2D eigenvalue weighted by Gasteiger charge is -2.34. The molecule has 27 heavy (non-hydrogen) atoms. The van der Waals surface area contributed by atoms with E-state index in [0.717, 1.165) is 51.1 Å². The number of quaternary nitrogens is 1. The summed E-state index contributed by atoms with van der Waals surface area (Å²) in [6.07, 6.45) is 3.29. The van der Waals surface area contributed by atoms with Crippen LogP contribution in [-0.4, -0.2) is 43.7 Å². The van der Waals surface area contributed by atoms with Crippen molar-refractivity contribution in [3.63, 3.8) is 0 Å². The van der Waals surface area contributed by atoms with Gasteiger partial charge in [0.2, 0.25) is 0 Å². The average Bonchev–Trinajstić information content (AvgIpc) is 2.69. The Hall–Kier alpha value is -2.53. The van der Waals surface area contributed by atoms with Crippen LogP contribution in [0.25, 0.3) is 0 Å². The monoisotopic (exact) mass is 366 g/mol. The van der Waals surface area contributed by atoms with Gasteiger partial charge in [0.1, 0.15) is 5.75 Å². The minimum Gasteiger partial charge on any atom is -0.508 e. The predicted octanol–water partition coefficient (Wildman–Crippen LogP) is 1.29. The molecule has 0 aromatic heterocycles. The third-order valence-electron chi connectivity index (χ3n) is 5.80. The van der Waals surface area contributed by atoms with Gasteiger partial charge in [-0.05, 0) is 54.7 Å². The molecule has 2 aromatic rings. The molecular weight excluding hydrogens is 338 g/mol. The summed E-state index contributed by atoms with van der Waals surface area (Å²) >= 11 is 0. The summed E-state index contributed by atoms with van der Waals surface area (Å²) < 4.78 is 0. The van der Waals surface area contributed by atoms with E-state index in [4.69, 9.17) is 0 Å². The molecule has 2 aliphatic rings. The fourth-order valence-electron chi connectivity index (χ4n) is 4.30. The first-order valence-corrected chi connectivity index (χ1v) is 9.94. The summed E-state index contributed by atoms with van der Waals surface area (Å²) in [4.78, 5) is 16.3. The summed E-state index contributed by atoms with van der Waals surface area (Å²) in [6, 6.07) is 16.0. The molecule has 3 N–H and O–H groups in total. The number of nitrogens with zero attached hydrogens (tertiary/aromatic N) is 1. The van der Waals surface area contributed by atoms with E-state index < -0.39 is 0 Å². The lowest BCUT2D eigenvalue weighted by molar-refractivity contribution is -0.892. The SMILES string of the molecule is O=C(C[NH+]1CCN(c2ccc(O)cc2)CC1)N[C@@H]1CCCc2ccccc21. The zero-order chi connectivity index (χ0) is 18.6. The number of nitrogens with one attached hydrogen (secondary N) is 2. The van der Waals surface area contributed by atoms with Crippen molar-refractivity contribution in [2.75, 3.05) is 37.6 Å². The van der Waals surface area contributed by atoms with Crippen LogP contribution in [0.4, 0.5) is 5.69 Å². The smallest absolute Gasteiger partial charge is 0.275 e. The zero-order valence-electron chi connectivity index (χ0n) is 15.7. The number of rotatable bonds is 4. The fourth-order valence-corrected chi connectivity index (χ4v) is 4.30. The van der Waals surface area contributed by atoms with Gasteiger partial charge in [-0.3, -0.25) is 4.79 Å². The summed E-state index contributed by atoms with van der Waals surface area (Å²) in [5.74, 6) is 0.453. The molecule has 1 heterocycles. The molecule has 0 spiro atoms. The van der Waals surface area contributed by atoms with Gasteiger partial charge in [-0.1, -0.05) is 24.3 Å². The molecule has 5 nitrogen and oxygen atoms in total. The first kappa shape index (κ1) is 17.9. The van der Waals surface area contributed by atoms with E-state index >= 15 is 0 Å². The number of phenols is 1. The van der Waals surface area contributed by atoms with E-state index in [-0.39, 0.29) is 11.9 Å². The van der Waals surface area contributed by atoms with Crippen molar-refractivity contribution in [3.05, 3.63) is 59.7 Å². The Morgan fingerprint density at radius 3 is 2.63 bits per heavy atom. The van der Waals surface area contributed by atoms with Crippen molar-refractivity contribution in [1.82, 2.24) is 5.32 Å². The lowest BCUT2D eigenvalue weighted by Crippen LogP contribution is -3.16. The second kappa shape index (κ2) is 8.01. The number of carbonyl (C=O) groups excluding carboxylic acids is 1. The van der Waals surface area contributed by atoms with Crippen LogP contribution >= 0.6 is 0 Å². The molecule has 1 amide bonds. The van der Waals surface area contributed by atoms with Gasteiger partial charge in [-0.25, -0.2) is 0 Å². The van der Waals surface area contributed by atoms with Crippen molar-refractivity contribution in [1.29, 1.82) is 0 Å². The van der Waals surface area contributed by atoms with Gasteiger partial charge < -0.3 is 20.2 Å². The van der Waals surface area contributed by atoms with Gasteiger partial charge in [0.25, 0.3) is 5.91 Å². The normalized spacial score (nSPS) is 20.1. The highest BCUT2D eigenvalue weighted by atomic mass is 16.3. The minimum absolute atomic E-state index is 0.157. The Labute approximate surface area is 160 Å². The number of hydrogen-bond donors (Lipinski definition) is 3. The number of amides is 1. The second-order valence-corrected chi connectivity index (χ2v) is 7.64. The van der Waals surface area contributed by atoms with E-state index in [1.165, 1.54) is 16.0 Å². The average molecular weight is 366 g/mol. The molecule has 0 saturated carbocycles.